The van der Waals surface area contributed by atoms with Gasteiger partial charge in [0.1, 0.15) is 11.5 Å². The molecule has 1 N–H and O–H groups in total. The van der Waals surface area contributed by atoms with Gasteiger partial charge in [0, 0.05) is 12.1 Å². The summed E-state index contributed by atoms with van der Waals surface area (Å²) in [7, 11) is 0. The lowest BCUT2D eigenvalue weighted by atomic mass is 10.1. The van der Waals surface area contributed by atoms with Crippen LogP contribution in [0.4, 0.5) is 10.1 Å². The first-order valence-electron chi connectivity index (χ1n) is 5.98. The summed E-state index contributed by atoms with van der Waals surface area (Å²) < 4.78 is 19.6. The molecule has 2 aromatic carbocycles. The van der Waals surface area contributed by atoms with Gasteiger partial charge >= 0.3 is 5.69 Å². The topological polar surface area (TPSA) is 72.6 Å². The fourth-order valence-corrected chi connectivity index (χ4v) is 2.16. The molecule has 0 fully saturated rings. The Bertz CT molecular complexity index is 691. The van der Waals surface area contributed by atoms with Crippen molar-refractivity contribution in [2.75, 3.05) is 0 Å². The van der Waals surface area contributed by atoms with Crippen molar-refractivity contribution in [1.82, 2.24) is 0 Å². The number of aliphatic hydroxyl groups excluding tert-OH is 1. The van der Waals surface area contributed by atoms with E-state index in [9.17, 15) is 19.6 Å². The minimum absolute atomic E-state index is 0.142. The van der Waals surface area contributed by atoms with E-state index in [4.69, 9.17) is 4.74 Å². The van der Waals surface area contributed by atoms with E-state index in [0.29, 0.717) is 15.8 Å². The van der Waals surface area contributed by atoms with Crippen LogP contribution in [0.15, 0.2) is 40.9 Å². The summed E-state index contributed by atoms with van der Waals surface area (Å²) in [5.41, 5.74) is 0.0926. The molecule has 5 nitrogen and oxygen atoms in total. The molecule has 7 heteroatoms. The summed E-state index contributed by atoms with van der Waals surface area (Å²) in [6.45, 7) is 1.63. The van der Waals surface area contributed by atoms with Crippen molar-refractivity contribution in [3.8, 4) is 11.5 Å². The van der Waals surface area contributed by atoms with Crippen LogP contribution in [-0.4, -0.2) is 10.0 Å². The maximum atomic E-state index is 13.5. The maximum absolute atomic E-state index is 13.5. The number of aliphatic hydroxyl groups is 1. The largest absolute Gasteiger partial charge is 0.456 e. The quantitative estimate of drug-likeness (QED) is 0.653. The second-order valence-electron chi connectivity index (χ2n) is 4.34. The first-order chi connectivity index (χ1) is 9.88. The van der Waals surface area contributed by atoms with Crippen LogP contribution in [0.2, 0.25) is 0 Å². The van der Waals surface area contributed by atoms with Crippen molar-refractivity contribution >= 4 is 21.6 Å². The molecule has 0 bridgehead atoms. The third-order valence-electron chi connectivity index (χ3n) is 2.78. The highest BCUT2D eigenvalue weighted by molar-refractivity contribution is 9.10. The average Bonchev–Trinajstić information content (AvgIpc) is 2.40. The number of rotatable bonds is 4. The third kappa shape index (κ3) is 3.56. The molecule has 110 valence electrons. The first-order valence-corrected chi connectivity index (χ1v) is 6.77. The molecular weight excluding hydrogens is 345 g/mol. The van der Waals surface area contributed by atoms with Crippen molar-refractivity contribution in [1.29, 1.82) is 0 Å². The van der Waals surface area contributed by atoms with Crippen LogP contribution >= 0.6 is 15.9 Å². The SMILES string of the molecule is C[C@H](O)c1ccc(Oc2ccc([N+](=O)[O-])c(F)c2)c(Br)c1. The second-order valence-corrected chi connectivity index (χ2v) is 5.19. The molecule has 0 spiro atoms. The Morgan fingerprint density at radius 3 is 2.57 bits per heavy atom. The molecule has 0 radical (unpaired) electrons. The van der Waals surface area contributed by atoms with E-state index < -0.39 is 22.5 Å². The van der Waals surface area contributed by atoms with Gasteiger partial charge in [0.2, 0.25) is 5.82 Å². The zero-order valence-electron chi connectivity index (χ0n) is 10.9. The smallest absolute Gasteiger partial charge is 0.305 e. The summed E-state index contributed by atoms with van der Waals surface area (Å²) >= 11 is 3.29. The van der Waals surface area contributed by atoms with Gasteiger partial charge in [-0.3, -0.25) is 10.1 Å². The number of nitro benzene ring substituents is 1. The molecular formula is C14H11BrFNO4. The zero-order chi connectivity index (χ0) is 15.6. The van der Waals surface area contributed by atoms with Gasteiger partial charge in [0.25, 0.3) is 0 Å². The number of ether oxygens (including phenoxy) is 1. The molecule has 0 aromatic heterocycles. The Morgan fingerprint density at radius 1 is 1.33 bits per heavy atom. The Balaban J connectivity index is 2.26. The molecule has 0 unspecified atom stereocenters. The van der Waals surface area contributed by atoms with E-state index in [0.717, 1.165) is 12.1 Å². The number of nitro groups is 1. The van der Waals surface area contributed by atoms with Crippen LogP contribution in [0.1, 0.15) is 18.6 Å². The van der Waals surface area contributed by atoms with Crippen LogP contribution in [0.25, 0.3) is 0 Å². The Hall–Kier alpha value is -1.99. The lowest BCUT2D eigenvalue weighted by Crippen LogP contribution is -1.94. The monoisotopic (exact) mass is 355 g/mol. The fourth-order valence-electron chi connectivity index (χ4n) is 1.69. The fraction of sp³-hybridized carbons (Fsp3) is 0.143. The average molecular weight is 356 g/mol. The van der Waals surface area contributed by atoms with Crippen molar-refractivity contribution in [3.63, 3.8) is 0 Å². The molecule has 0 saturated carbocycles. The predicted octanol–water partition coefficient (Wildman–Crippen LogP) is 4.34. The van der Waals surface area contributed by atoms with Gasteiger partial charge in [-0.1, -0.05) is 6.07 Å². The summed E-state index contributed by atoms with van der Waals surface area (Å²) in [6.07, 6.45) is -0.618. The van der Waals surface area contributed by atoms with Gasteiger partial charge in [-0.2, -0.15) is 4.39 Å². The van der Waals surface area contributed by atoms with Crippen molar-refractivity contribution < 1.29 is 19.2 Å². The Kier molecular flexibility index (Phi) is 4.54. The van der Waals surface area contributed by atoms with Gasteiger partial charge in [-0.05, 0) is 46.6 Å². The van der Waals surface area contributed by atoms with E-state index in [1.807, 2.05) is 0 Å². The second kappa shape index (κ2) is 6.19. The normalized spacial score (nSPS) is 12.0. The third-order valence-corrected chi connectivity index (χ3v) is 3.40. The van der Waals surface area contributed by atoms with E-state index in [-0.39, 0.29) is 5.75 Å². The lowest BCUT2D eigenvalue weighted by molar-refractivity contribution is -0.387. The predicted molar refractivity (Wildman–Crippen MR) is 77.9 cm³/mol. The van der Waals surface area contributed by atoms with Crippen LogP contribution in [0.3, 0.4) is 0 Å². The molecule has 0 aliphatic heterocycles. The van der Waals surface area contributed by atoms with Gasteiger partial charge in [0.15, 0.2) is 0 Å². The Labute approximate surface area is 128 Å². The molecule has 0 aliphatic carbocycles. The van der Waals surface area contributed by atoms with Crippen LogP contribution in [0.5, 0.6) is 11.5 Å². The molecule has 2 aromatic rings. The van der Waals surface area contributed by atoms with E-state index in [2.05, 4.69) is 15.9 Å². The summed E-state index contributed by atoms with van der Waals surface area (Å²) in [5, 5.41) is 20.0. The standard InChI is InChI=1S/C14H11BrFNO4/c1-8(18)9-2-5-14(11(15)6-9)21-10-3-4-13(17(19)20)12(16)7-10/h2-8,18H,1H3/t8-/m0/s1. The molecule has 2 rings (SSSR count). The summed E-state index contributed by atoms with van der Waals surface area (Å²) in [5.74, 6) is -0.412. The van der Waals surface area contributed by atoms with Crippen molar-refractivity contribution in [2.24, 2.45) is 0 Å². The molecule has 0 aliphatic rings. The minimum Gasteiger partial charge on any atom is -0.456 e. The minimum atomic E-state index is -0.964. The summed E-state index contributed by atoms with van der Waals surface area (Å²) in [6, 6.07) is 8.28. The van der Waals surface area contributed by atoms with Crippen LogP contribution in [-0.2, 0) is 0 Å². The van der Waals surface area contributed by atoms with Gasteiger partial charge in [0.05, 0.1) is 15.5 Å². The van der Waals surface area contributed by atoms with Gasteiger partial charge in [-0.15, -0.1) is 0 Å². The molecule has 21 heavy (non-hydrogen) atoms. The number of hydrogen-bond acceptors (Lipinski definition) is 4. The van der Waals surface area contributed by atoms with Gasteiger partial charge in [-0.25, -0.2) is 0 Å². The highest BCUT2D eigenvalue weighted by Gasteiger charge is 2.15. The number of benzene rings is 2. The van der Waals surface area contributed by atoms with E-state index in [1.54, 1.807) is 25.1 Å². The van der Waals surface area contributed by atoms with Gasteiger partial charge < -0.3 is 9.84 Å². The first kappa shape index (κ1) is 15.4. The zero-order valence-corrected chi connectivity index (χ0v) is 12.5. The number of nitrogens with zero attached hydrogens (tertiary/aromatic N) is 1. The lowest BCUT2D eigenvalue weighted by Gasteiger charge is -2.10. The van der Waals surface area contributed by atoms with Crippen molar-refractivity contribution in [3.05, 3.63) is 62.4 Å². The van der Waals surface area contributed by atoms with Crippen LogP contribution in [0, 0.1) is 15.9 Å². The number of hydrogen-bond donors (Lipinski definition) is 1. The molecule has 1 atom stereocenters. The molecule has 0 saturated heterocycles. The van der Waals surface area contributed by atoms with E-state index in [1.165, 1.54) is 6.07 Å². The van der Waals surface area contributed by atoms with Crippen LogP contribution < -0.4 is 4.74 Å². The highest BCUT2D eigenvalue weighted by Crippen LogP contribution is 2.33. The van der Waals surface area contributed by atoms with Crippen molar-refractivity contribution in [2.45, 2.75) is 13.0 Å². The van der Waals surface area contributed by atoms with E-state index >= 15 is 0 Å². The maximum Gasteiger partial charge on any atom is 0.305 e. The summed E-state index contributed by atoms with van der Waals surface area (Å²) in [4.78, 5) is 9.74. The molecule has 0 heterocycles. The number of halogens is 2. The molecule has 0 amide bonds. The highest BCUT2D eigenvalue weighted by atomic mass is 79.9. The Morgan fingerprint density at radius 2 is 2.05 bits per heavy atom.